The van der Waals surface area contributed by atoms with E-state index in [1.807, 2.05) is 10.9 Å². The molecule has 0 saturated heterocycles. The third kappa shape index (κ3) is 7.29. The molecule has 5 aromatic rings. The summed E-state index contributed by atoms with van der Waals surface area (Å²) in [7, 11) is -2.18. The van der Waals surface area contributed by atoms with Crippen molar-refractivity contribution in [2.45, 2.75) is 42.7 Å². The number of nitrogens with zero attached hydrogens (tertiary/aromatic N) is 3. The zero-order chi connectivity index (χ0) is 37.5. The van der Waals surface area contributed by atoms with Crippen molar-refractivity contribution in [2.24, 2.45) is 5.73 Å². The molecule has 6 rings (SSSR count). The number of pyridine rings is 1. The van der Waals surface area contributed by atoms with Gasteiger partial charge in [0.1, 0.15) is 39.9 Å². The normalized spacial score (nSPS) is 14.2. The van der Waals surface area contributed by atoms with Crippen molar-refractivity contribution in [1.29, 1.82) is 0 Å². The number of aliphatic hydroxyl groups is 1. The van der Waals surface area contributed by atoms with Crippen LogP contribution in [0.4, 0.5) is 8.78 Å². The van der Waals surface area contributed by atoms with Gasteiger partial charge >= 0.3 is 0 Å². The number of carbonyl (C=O) groups excluding carboxylic acids is 2. The smallest absolute Gasteiger partial charge is 0.251 e. The molecule has 16 heteroatoms. The Balaban J connectivity index is 1.50. The van der Waals surface area contributed by atoms with Crippen molar-refractivity contribution < 1.29 is 41.4 Å². The Hall–Kier alpha value is -5.12. The number of halogens is 3. The number of aromatic nitrogens is 3. The van der Waals surface area contributed by atoms with Gasteiger partial charge in [-0.3, -0.25) is 14.3 Å². The Morgan fingerprint density at radius 3 is 2.44 bits per heavy atom. The van der Waals surface area contributed by atoms with Crippen molar-refractivity contribution in [3.05, 3.63) is 99.8 Å². The third-order valence-electron chi connectivity index (χ3n) is 8.65. The van der Waals surface area contributed by atoms with Gasteiger partial charge in [0, 0.05) is 40.6 Å². The van der Waals surface area contributed by atoms with E-state index in [0.717, 1.165) is 25.2 Å². The number of sulfone groups is 1. The summed E-state index contributed by atoms with van der Waals surface area (Å²) in [6.07, 6.45) is 4.40. The zero-order valence-electron chi connectivity index (χ0n) is 28.2. The van der Waals surface area contributed by atoms with Gasteiger partial charge in [-0.25, -0.2) is 22.2 Å². The van der Waals surface area contributed by atoms with Gasteiger partial charge in [0.15, 0.2) is 9.84 Å². The van der Waals surface area contributed by atoms with E-state index in [0.29, 0.717) is 22.7 Å². The van der Waals surface area contributed by atoms with Crippen LogP contribution in [0.5, 0.6) is 11.5 Å². The fraction of sp³-hybridized carbons (Fsp3) is 0.278. The molecule has 0 spiro atoms. The highest BCUT2D eigenvalue weighted by Crippen LogP contribution is 2.40. The van der Waals surface area contributed by atoms with E-state index in [-0.39, 0.29) is 56.9 Å². The first-order valence-corrected chi connectivity index (χ1v) is 18.4. The second kappa shape index (κ2) is 14.1. The van der Waals surface area contributed by atoms with Crippen molar-refractivity contribution in [3.8, 4) is 22.8 Å². The minimum atomic E-state index is -3.64. The van der Waals surface area contributed by atoms with E-state index in [1.165, 1.54) is 43.5 Å². The van der Waals surface area contributed by atoms with Crippen LogP contribution >= 0.6 is 11.6 Å². The van der Waals surface area contributed by atoms with Crippen LogP contribution in [0, 0.1) is 11.6 Å². The molecule has 0 bridgehead atoms. The van der Waals surface area contributed by atoms with Gasteiger partial charge in [0.05, 0.1) is 48.3 Å². The van der Waals surface area contributed by atoms with E-state index in [1.54, 1.807) is 13.0 Å². The molecule has 0 aliphatic heterocycles. The van der Waals surface area contributed by atoms with E-state index >= 15 is 4.39 Å². The van der Waals surface area contributed by atoms with Gasteiger partial charge in [-0.05, 0) is 61.7 Å². The highest BCUT2D eigenvalue weighted by molar-refractivity contribution is 7.90. The number of methoxy groups -OCH3 is 1. The van der Waals surface area contributed by atoms with Crippen LogP contribution in [-0.4, -0.2) is 66.6 Å². The zero-order valence-corrected chi connectivity index (χ0v) is 29.8. The van der Waals surface area contributed by atoms with E-state index < -0.39 is 56.9 Å². The molecule has 2 aromatic heterocycles. The molecule has 0 radical (unpaired) electrons. The van der Waals surface area contributed by atoms with Gasteiger partial charge in [-0.1, -0.05) is 23.7 Å². The molecule has 1 fully saturated rings. The highest BCUT2D eigenvalue weighted by atomic mass is 35.5. The highest BCUT2D eigenvalue weighted by Gasteiger charge is 2.37. The molecule has 4 N–H and O–H groups in total. The van der Waals surface area contributed by atoms with Crippen LogP contribution in [0.1, 0.15) is 53.0 Å². The average molecular weight is 754 g/mol. The molecule has 2 amide bonds. The molecule has 272 valence electrons. The molecule has 52 heavy (non-hydrogen) atoms. The van der Waals surface area contributed by atoms with Gasteiger partial charge in [-0.15, -0.1) is 0 Å². The fourth-order valence-corrected chi connectivity index (χ4v) is 6.67. The quantitative estimate of drug-likeness (QED) is 0.142. The first-order chi connectivity index (χ1) is 24.6. The Labute approximate surface area is 302 Å². The van der Waals surface area contributed by atoms with Crippen molar-refractivity contribution in [3.63, 3.8) is 0 Å². The number of nitrogens with two attached hydrogens (primary N) is 1. The van der Waals surface area contributed by atoms with Crippen molar-refractivity contribution >= 4 is 44.2 Å². The van der Waals surface area contributed by atoms with Crippen molar-refractivity contribution in [1.82, 2.24) is 20.1 Å². The summed E-state index contributed by atoms with van der Waals surface area (Å²) in [5.74, 6) is -3.23. The maximum absolute atomic E-state index is 15.4. The molecule has 1 saturated carbocycles. The van der Waals surface area contributed by atoms with Gasteiger partial charge in [0.2, 0.25) is 5.91 Å². The lowest BCUT2D eigenvalue weighted by atomic mass is 9.87. The molecule has 3 aromatic carbocycles. The number of fused-ring (bicyclic) bond motifs is 1. The topological polar surface area (TPSA) is 176 Å². The van der Waals surface area contributed by atoms with Crippen LogP contribution in [0.2, 0.25) is 5.02 Å². The van der Waals surface area contributed by atoms with E-state index in [4.69, 9.17) is 26.8 Å². The Morgan fingerprint density at radius 1 is 1.12 bits per heavy atom. The summed E-state index contributed by atoms with van der Waals surface area (Å²) in [4.78, 5) is 30.6. The van der Waals surface area contributed by atoms with Gasteiger partial charge in [-0.2, -0.15) is 5.10 Å². The number of benzene rings is 3. The number of rotatable bonds is 13. The summed E-state index contributed by atoms with van der Waals surface area (Å²) in [6.45, 7) is 1.12. The third-order valence-corrected chi connectivity index (χ3v) is 10.1. The minimum absolute atomic E-state index is 0.0387. The van der Waals surface area contributed by atoms with E-state index in [2.05, 4.69) is 15.4 Å². The minimum Gasteiger partial charge on any atom is -0.494 e. The molecule has 2 heterocycles. The molecule has 1 aliphatic carbocycles. The SMILES string of the molecule is CCOc1c(CC(N)=O)cc([C@@](O)(CNC(=O)c2cc(OC)c3nn(C4CC4)cc3c2)c2ccc(S(C)(=O)=O)cc2)nc1-c1cc(Cl)c(F)cc1F. The summed E-state index contributed by atoms with van der Waals surface area (Å²) < 4.78 is 67.4. The standard InChI is InChI=1S/C36H34ClF2N5O7S/c1-4-51-34-19(14-31(40)45)13-30(42-33(34)25-15-26(37)28(39)16-27(25)38)36(47,22-5-9-24(10-6-22)52(3,48)49)18-41-35(46)20-11-21-17-44(23-7-8-23)43-32(21)29(12-20)50-2/h5-6,9-13,15-17,23,47H,4,7-8,14,18H2,1-3H3,(H2,40,45)(H,41,46)/t36-/m1/s1. The van der Waals surface area contributed by atoms with E-state index in [9.17, 15) is 27.5 Å². The van der Waals surface area contributed by atoms with Gasteiger partial charge < -0.3 is 25.6 Å². The molecular weight excluding hydrogens is 720 g/mol. The monoisotopic (exact) mass is 753 g/mol. The summed E-state index contributed by atoms with van der Waals surface area (Å²) >= 11 is 6.04. The molecule has 12 nitrogen and oxygen atoms in total. The Bertz CT molecular complexity index is 2330. The lowest BCUT2D eigenvalue weighted by Crippen LogP contribution is -2.42. The molecule has 1 aliphatic rings. The molecular formula is C36H34ClF2N5O7S. The Kier molecular flexibility index (Phi) is 9.96. The number of hydrogen-bond donors (Lipinski definition) is 3. The first-order valence-electron chi connectivity index (χ1n) is 16.1. The fourth-order valence-electron chi connectivity index (χ4n) is 5.87. The van der Waals surface area contributed by atoms with Crippen molar-refractivity contribution in [2.75, 3.05) is 26.5 Å². The van der Waals surface area contributed by atoms with Crippen LogP contribution in [0.15, 0.2) is 65.7 Å². The number of ether oxygens (including phenoxy) is 2. The molecule has 1 atom stereocenters. The second-order valence-corrected chi connectivity index (χ2v) is 14.9. The van der Waals surface area contributed by atoms with Crippen LogP contribution in [0.25, 0.3) is 22.2 Å². The average Bonchev–Trinajstić information content (AvgIpc) is 3.86. The summed E-state index contributed by atoms with van der Waals surface area (Å²) in [5, 5.41) is 20.2. The molecule has 0 unspecified atom stereocenters. The van der Waals surface area contributed by atoms with Gasteiger partial charge in [0.25, 0.3) is 5.91 Å². The summed E-state index contributed by atoms with van der Waals surface area (Å²) in [6, 6.07) is 11.5. The lowest BCUT2D eigenvalue weighted by Gasteiger charge is -2.30. The maximum Gasteiger partial charge on any atom is 0.251 e. The number of hydrogen-bond acceptors (Lipinski definition) is 9. The predicted molar refractivity (Wildman–Crippen MR) is 188 cm³/mol. The number of carbonyl (C=O) groups is 2. The second-order valence-electron chi connectivity index (χ2n) is 12.5. The largest absolute Gasteiger partial charge is 0.494 e. The van der Waals surface area contributed by atoms with Crippen LogP contribution in [0.3, 0.4) is 0 Å². The van der Waals surface area contributed by atoms with Crippen LogP contribution in [-0.2, 0) is 26.7 Å². The lowest BCUT2D eigenvalue weighted by molar-refractivity contribution is -0.117. The Morgan fingerprint density at radius 2 is 1.83 bits per heavy atom. The van der Waals surface area contributed by atoms with Crippen LogP contribution < -0.4 is 20.5 Å². The number of primary amides is 1. The first kappa shape index (κ1) is 36.7. The predicted octanol–water partition coefficient (Wildman–Crippen LogP) is 4.87. The number of amides is 2. The summed E-state index contributed by atoms with van der Waals surface area (Å²) in [5.41, 5.74) is 3.48. The maximum atomic E-state index is 15.4. The number of nitrogens with one attached hydrogen (secondary N) is 1.